The van der Waals surface area contributed by atoms with Gasteiger partial charge >= 0.3 is 0 Å². The zero-order chi connectivity index (χ0) is 17.7. The summed E-state index contributed by atoms with van der Waals surface area (Å²) in [5.41, 5.74) is 1.82. The minimum absolute atomic E-state index is 0.0407. The summed E-state index contributed by atoms with van der Waals surface area (Å²) < 4.78 is 26.7. The van der Waals surface area contributed by atoms with Crippen LogP contribution in [-0.2, 0) is 10.0 Å². The maximum atomic E-state index is 12.8. The standard InChI is InChI=1S/C18H18N2O3S/c1-4-12-19-18(21)15-6-5-7-17(13-15)24(22,23)20(3)16-10-8-14(2)9-11-16/h1,5-11,13H,12H2,2-3H3,(H,19,21). The molecule has 0 atom stereocenters. The number of hydrogen-bond donors (Lipinski definition) is 1. The van der Waals surface area contributed by atoms with Crippen LogP contribution < -0.4 is 9.62 Å². The average molecular weight is 342 g/mol. The van der Waals surface area contributed by atoms with Crippen molar-refractivity contribution in [1.29, 1.82) is 0 Å². The number of terminal acetylenes is 1. The third-order valence-electron chi connectivity index (χ3n) is 3.50. The fourth-order valence-corrected chi connectivity index (χ4v) is 3.32. The molecule has 0 aromatic heterocycles. The third kappa shape index (κ3) is 3.76. The van der Waals surface area contributed by atoms with Crippen molar-refractivity contribution in [2.24, 2.45) is 0 Å². The number of carbonyl (C=O) groups is 1. The topological polar surface area (TPSA) is 66.5 Å². The molecule has 0 unspecified atom stereocenters. The normalized spacial score (nSPS) is 10.7. The minimum atomic E-state index is -3.77. The predicted octanol–water partition coefficient (Wildman–Crippen LogP) is 2.18. The number of carbonyl (C=O) groups excluding carboxylic acids is 1. The number of nitrogens with zero attached hydrogens (tertiary/aromatic N) is 1. The summed E-state index contributed by atoms with van der Waals surface area (Å²) in [4.78, 5) is 12.0. The second-order valence-electron chi connectivity index (χ2n) is 5.22. The first-order chi connectivity index (χ1) is 11.4. The van der Waals surface area contributed by atoms with Gasteiger partial charge in [0.15, 0.2) is 0 Å². The molecule has 2 rings (SSSR count). The van der Waals surface area contributed by atoms with Crippen LogP contribution in [0.2, 0.25) is 0 Å². The maximum absolute atomic E-state index is 12.8. The van der Waals surface area contributed by atoms with Crippen LogP contribution >= 0.6 is 0 Å². The van der Waals surface area contributed by atoms with Gasteiger partial charge in [0.05, 0.1) is 17.1 Å². The number of amides is 1. The minimum Gasteiger partial charge on any atom is -0.341 e. The van der Waals surface area contributed by atoms with Gasteiger partial charge in [-0.3, -0.25) is 9.10 Å². The lowest BCUT2D eigenvalue weighted by atomic mass is 10.2. The van der Waals surface area contributed by atoms with Crippen molar-refractivity contribution in [2.45, 2.75) is 11.8 Å². The van der Waals surface area contributed by atoms with Crippen LogP contribution in [0, 0.1) is 19.3 Å². The summed E-state index contributed by atoms with van der Waals surface area (Å²) in [7, 11) is -2.29. The number of nitrogens with one attached hydrogen (secondary N) is 1. The molecule has 0 aliphatic heterocycles. The van der Waals surface area contributed by atoms with Crippen molar-refractivity contribution in [2.75, 3.05) is 17.9 Å². The van der Waals surface area contributed by atoms with Crippen molar-refractivity contribution in [3.63, 3.8) is 0 Å². The van der Waals surface area contributed by atoms with Gasteiger partial charge in [-0.05, 0) is 37.3 Å². The Hall–Kier alpha value is -2.78. The largest absolute Gasteiger partial charge is 0.341 e. The second kappa shape index (κ2) is 7.20. The Morgan fingerprint density at radius 1 is 1.21 bits per heavy atom. The number of sulfonamides is 1. The van der Waals surface area contributed by atoms with E-state index in [0.29, 0.717) is 5.69 Å². The van der Waals surface area contributed by atoms with Gasteiger partial charge in [-0.2, -0.15) is 0 Å². The van der Waals surface area contributed by atoms with Gasteiger partial charge < -0.3 is 5.32 Å². The zero-order valence-corrected chi connectivity index (χ0v) is 14.3. The molecule has 0 aliphatic rings. The highest BCUT2D eigenvalue weighted by Crippen LogP contribution is 2.23. The second-order valence-corrected chi connectivity index (χ2v) is 7.19. The lowest BCUT2D eigenvalue weighted by Crippen LogP contribution is -2.27. The zero-order valence-electron chi connectivity index (χ0n) is 13.5. The monoisotopic (exact) mass is 342 g/mol. The highest BCUT2D eigenvalue weighted by atomic mass is 32.2. The van der Waals surface area contributed by atoms with E-state index >= 15 is 0 Å². The highest BCUT2D eigenvalue weighted by molar-refractivity contribution is 7.92. The van der Waals surface area contributed by atoms with Crippen molar-refractivity contribution in [3.05, 3.63) is 59.7 Å². The molecule has 0 bridgehead atoms. The van der Waals surface area contributed by atoms with E-state index < -0.39 is 15.9 Å². The van der Waals surface area contributed by atoms with E-state index in [2.05, 4.69) is 11.2 Å². The van der Waals surface area contributed by atoms with E-state index in [4.69, 9.17) is 6.42 Å². The van der Waals surface area contributed by atoms with E-state index in [9.17, 15) is 13.2 Å². The van der Waals surface area contributed by atoms with E-state index in [1.807, 2.05) is 19.1 Å². The van der Waals surface area contributed by atoms with Crippen LogP contribution in [0.4, 0.5) is 5.69 Å². The smallest absolute Gasteiger partial charge is 0.264 e. The van der Waals surface area contributed by atoms with Gasteiger partial charge in [-0.25, -0.2) is 8.42 Å². The fraction of sp³-hybridized carbons (Fsp3) is 0.167. The van der Waals surface area contributed by atoms with Crippen molar-refractivity contribution >= 4 is 21.6 Å². The molecule has 1 amide bonds. The molecule has 0 spiro atoms. The van der Waals surface area contributed by atoms with Crippen LogP contribution in [0.5, 0.6) is 0 Å². The molecular formula is C18H18N2O3S. The number of rotatable bonds is 5. The van der Waals surface area contributed by atoms with Gasteiger partial charge in [0.25, 0.3) is 15.9 Å². The van der Waals surface area contributed by atoms with Gasteiger partial charge in [0.1, 0.15) is 0 Å². The lowest BCUT2D eigenvalue weighted by Gasteiger charge is -2.20. The first kappa shape index (κ1) is 17.6. The Balaban J connectivity index is 2.34. The predicted molar refractivity (Wildman–Crippen MR) is 94.4 cm³/mol. The van der Waals surface area contributed by atoms with E-state index in [0.717, 1.165) is 5.56 Å². The molecule has 6 heteroatoms. The van der Waals surface area contributed by atoms with E-state index in [-0.39, 0.29) is 17.0 Å². The van der Waals surface area contributed by atoms with Crippen LogP contribution in [0.25, 0.3) is 0 Å². The Bertz CT molecular complexity index is 881. The SMILES string of the molecule is C#CCNC(=O)c1cccc(S(=O)(=O)N(C)c2ccc(C)cc2)c1. The number of benzene rings is 2. The number of aryl methyl sites for hydroxylation is 1. The molecule has 0 aliphatic carbocycles. The van der Waals surface area contributed by atoms with Crippen LogP contribution in [0.15, 0.2) is 53.4 Å². The van der Waals surface area contributed by atoms with Crippen LogP contribution in [0.1, 0.15) is 15.9 Å². The maximum Gasteiger partial charge on any atom is 0.264 e. The van der Waals surface area contributed by atoms with Gasteiger partial charge in [0.2, 0.25) is 0 Å². The van der Waals surface area contributed by atoms with E-state index in [1.54, 1.807) is 12.1 Å². The molecule has 5 nitrogen and oxygen atoms in total. The Morgan fingerprint density at radius 3 is 2.50 bits per heavy atom. The molecule has 0 saturated heterocycles. The highest BCUT2D eigenvalue weighted by Gasteiger charge is 2.22. The fourth-order valence-electron chi connectivity index (χ4n) is 2.08. The summed E-state index contributed by atoms with van der Waals surface area (Å²) in [6.07, 6.45) is 5.10. The summed E-state index contributed by atoms with van der Waals surface area (Å²) in [6, 6.07) is 13.0. The quantitative estimate of drug-likeness (QED) is 0.847. The molecule has 0 heterocycles. The number of anilines is 1. The van der Waals surface area contributed by atoms with Crippen LogP contribution in [-0.4, -0.2) is 27.9 Å². The molecule has 0 saturated carbocycles. The lowest BCUT2D eigenvalue weighted by molar-refractivity contribution is 0.0958. The molecule has 0 radical (unpaired) electrons. The molecule has 2 aromatic rings. The molecule has 24 heavy (non-hydrogen) atoms. The van der Waals surface area contributed by atoms with E-state index in [1.165, 1.54) is 35.6 Å². The first-order valence-corrected chi connectivity index (χ1v) is 8.67. The van der Waals surface area contributed by atoms with Gasteiger partial charge in [-0.15, -0.1) is 6.42 Å². The average Bonchev–Trinajstić information content (AvgIpc) is 2.59. The molecular weight excluding hydrogens is 324 g/mol. The molecule has 1 N–H and O–H groups in total. The molecule has 2 aromatic carbocycles. The summed E-state index contributed by atoms with van der Waals surface area (Å²) in [5, 5.41) is 2.51. The van der Waals surface area contributed by atoms with Crippen molar-refractivity contribution < 1.29 is 13.2 Å². The summed E-state index contributed by atoms with van der Waals surface area (Å²) in [5.74, 6) is 1.89. The van der Waals surface area contributed by atoms with Crippen LogP contribution in [0.3, 0.4) is 0 Å². The Kier molecular flexibility index (Phi) is 5.27. The summed E-state index contributed by atoms with van der Waals surface area (Å²) in [6.45, 7) is 2.01. The summed E-state index contributed by atoms with van der Waals surface area (Å²) >= 11 is 0. The van der Waals surface area contributed by atoms with Gasteiger partial charge in [0, 0.05) is 12.6 Å². The van der Waals surface area contributed by atoms with Crippen molar-refractivity contribution in [1.82, 2.24) is 5.32 Å². The Labute approximate surface area is 142 Å². The van der Waals surface area contributed by atoms with Gasteiger partial charge in [-0.1, -0.05) is 29.7 Å². The first-order valence-electron chi connectivity index (χ1n) is 7.23. The Morgan fingerprint density at radius 2 is 1.88 bits per heavy atom. The molecule has 0 fully saturated rings. The van der Waals surface area contributed by atoms with Crippen molar-refractivity contribution in [3.8, 4) is 12.3 Å². The molecule has 124 valence electrons. The third-order valence-corrected chi connectivity index (χ3v) is 5.28. The number of hydrogen-bond acceptors (Lipinski definition) is 3.